The van der Waals surface area contributed by atoms with E-state index in [0.29, 0.717) is 6.42 Å². The number of aryl methyl sites for hydroxylation is 1. The first-order valence-electron chi connectivity index (χ1n) is 53.6. The molecule has 0 N–H and O–H groups in total. The zero-order chi connectivity index (χ0) is 102. The van der Waals surface area contributed by atoms with Gasteiger partial charge in [-0.3, -0.25) is 0 Å². The van der Waals surface area contributed by atoms with E-state index < -0.39 is 5.41 Å². The zero-order valence-corrected chi connectivity index (χ0v) is 91.7. The molecule has 0 spiro atoms. The highest BCUT2D eigenvalue weighted by atomic mass is 32.1. The van der Waals surface area contributed by atoms with Gasteiger partial charge in [0.25, 0.3) is 13.4 Å². The molecule has 6 nitrogen and oxygen atoms in total. The maximum Gasteiger partial charge on any atom is 0.254 e. The lowest BCUT2D eigenvalue weighted by molar-refractivity contribution is 0.333. The summed E-state index contributed by atoms with van der Waals surface area (Å²) in [6, 6.07) is 136. The molecule has 24 rings (SSSR count). The molecule has 16 aromatic carbocycles. The Hall–Kier alpha value is -13.6. The van der Waals surface area contributed by atoms with E-state index in [1.54, 1.807) is 0 Å². The molecule has 147 heavy (non-hydrogen) atoms. The van der Waals surface area contributed by atoms with E-state index in [4.69, 9.17) is 0 Å². The second-order valence-electron chi connectivity index (χ2n) is 50.4. The summed E-state index contributed by atoms with van der Waals surface area (Å²) in [5.41, 5.74) is 44.7. The van der Waals surface area contributed by atoms with Crippen LogP contribution in [0.2, 0.25) is 0 Å². The van der Waals surface area contributed by atoms with Gasteiger partial charge in [0.15, 0.2) is 0 Å². The highest BCUT2D eigenvalue weighted by molar-refractivity contribution is 7.27. The van der Waals surface area contributed by atoms with Crippen LogP contribution in [-0.4, -0.2) is 13.4 Å². The summed E-state index contributed by atoms with van der Waals surface area (Å²) < 4.78 is 2.56. The van der Waals surface area contributed by atoms with E-state index in [0.717, 1.165) is 82.6 Å². The van der Waals surface area contributed by atoms with Crippen LogP contribution in [0.15, 0.2) is 346 Å². The minimum atomic E-state index is -0.473. The lowest BCUT2D eigenvalue weighted by Gasteiger charge is -2.49. The molecule has 0 atom stereocenters. The summed E-state index contributed by atoms with van der Waals surface area (Å²) in [4.78, 5) is 16.2. The van der Waals surface area contributed by atoms with Gasteiger partial charge in [-0.25, -0.2) is 0 Å². The molecule has 18 aromatic rings. The molecule has 0 bridgehead atoms. The Kier molecular flexibility index (Phi) is 22.4. The van der Waals surface area contributed by atoms with Gasteiger partial charge in [0.1, 0.15) is 0 Å². The van der Waals surface area contributed by atoms with E-state index in [1.807, 2.05) is 22.7 Å². The van der Waals surface area contributed by atoms with E-state index in [1.165, 1.54) is 181 Å². The highest BCUT2D eigenvalue weighted by Gasteiger charge is 2.54. The largest absolute Gasteiger partial charge is 0.311 e. The molecule has 0 radical (unpaired) electrons. The van der Waals surface area contributed by atoms with E-state index in [9.17, 15) is 0 Å². The number of para-hydroxylation sites is 4. The van der Waals surface area contributed by atoms with Crippen molar-refractivity contribution >= 4 is 190 Å². The fourth-order valence-electron chi connectivity index (χ4n) is 25.6. The molecule has 6 aliphatic rings. The SMILES string of the molecule is Cc1ccc2sc3c(c2c1)B1c2ccc4c(c2N(c2ccc(C(C)(C)C)cc2)c2cc(N(c5ccccc5)c5ccccc5CC(C)(C)c5ccc6sc7c(c6c5)B5c6ccc8c(c6N(c6ccc(C(C)(C)C)cc6)c6cc(N(c9ccccc9)c9ccccc9)cc(c65)N7c5ccc(C(C)(C)C)cc5-c5ccccc5)C(C)(C)CCC8(C)C)cc(c21)N3c1ccc(C(C)(C)C)cc1-c1ccccc1)C(C)(C)CCC4(C)C. The number of fused-ring (bicyclic) bond motifs is 16. The van der Waals surface area contributed by atoms with Crippen LogP contribution in [0.1, 0.15) is 239 Å². The van der Waals surface area contributed by atoms with Crippen LogP contribution < -0.4 is 62.2 Å². The minimum Gasteiger partial charge on any atom is -0.311 e. The van der Waals surface area contributed by atoms with Crippen molar-refractivity contribution in [1.82, 2.24) is 0 Å². The fraction of sp³-hybridized carbons (Fsp3) is 0.270. The maximum atomic E-state index is 2.78. The highest BCUT2D eigenvalue weighted by Crippen LogP contribution is 2.62. The molecule has 0 saturated carbocycles. The normalized spacial score (nSPS) is 15.6. The average molecular weight is 1950 g/mol. The van der Waals surface area contributed by atoms with Crippen molar-refractivity contribution in [3.05, 3.63) is 407 Å². The summed E-state index contributed by atoms with van der Waals surface area (Å²) in [5.74, 6) is 0. The van der Waals surface area contributed by atoms with Crippen molar-refractivity contribution in [2.75, 3.05) is 29.4 Å². The van der Waals surface area contributed by atoms with Gasteiger partial charge in [-0.2, -0.15) is 0 Å². The average Bonchev–Trinajstić information content (AvgIpc) is 1.67. The predicted octanol–water partition coefficient (Wildman–Crippen LogP) is 35.3. The smallest absolute Gasteiger partial charge is 0.254 e. The number of benzene rings is 16. The fourth-order valence-corrected chi connectivity index (χ4v) is 28.1. The van der Waals surface area contributed by atoms with E-state index in [2.05, 4.69) is 534 Å². The third-order valence-electron chi connectivity index (χ3n) is 34.0. The van der Waals surface area contributed by atoms with Gasteiger partial charge >= 0.3 is 0 Å². The molecule has 10 heteroatoms. The summed E-state index contributed by atoms with van der Waals surface area (Å²) in [6.45, 7) is 55.5. The van der Waals surface area contributed by atoms with Crippen LogP contribution in [0, 0.1) is 6.92 Å². The summed E-state index contributed by atoms with van der Waals surface area (Å²) in [6.07, 6.45) is 5.03. The number of thiophene rings is 2. The third kappa shape index (κ3) is 15.9. The number of anilines is 18. The molecule has 0 fully saturated rings. The number of hydrogen-bond acceptors (Lipinski definition) is 8. The Balaban J connectivity index is 0.754. The second kappa shape index (κ2) is 34.5. The molecule has 2 aliphatic carbocycles. The van der Waals surface area contributed by atoms with Crippen LogP contribution in [0.3, 0.4) is 0 Å². The topological polar surface area (TPSA) is 19.4 Å². The van der Waals surface area contributed by atoms with Crippen LogP contribution >= 0.6 is 22.7 Å². The van der Waals surface area contributed by atoms with E-state index >= 15 is 0 Å². The van der Waals surface area contributed by atoms with Crippen LogP contribution in [-0.2, 0) is 55.2 Å². The van der Waals surface area contributed by atoms with Gasteiger partial charge in [-0.15, -0.1) is 22.7 Å². The standard InChI is InChI=1S/C137H136B2N6S2/c1-86-53-71-117-104(77-86)121-127(146-117)145(112-70-59-93(132(11,12)13)79-103(112)88-43-31-25-32-44-88)116-84-101(83-114-124(116)138(121)108-67-65-106-119(135(18,19)75-73-133(106,14)15)125(108)143(114)99-63-56-91(57-64-99)130(5,6)7)141(97-50-37-28-38-51-97)110-52-40-39-45-89(110)85-137(22,23)94-60-72-118-105(80-94)122-128(147-118)144(111-69-58-92(131(8,9)10)78-102(111)87-41-29-24-30-42-87)115-82-100(140(95-46-33-26-34-47-95)96-48-35-27-36-49-96)81-113-123(115)139(122)109-68-66-107-120(136(20,21)76-74-134(107,16)17)126(109)142(113)98-61-54-90(55-62-98)129(2,3)4/h24-72,77-84H,73-76,85H2,1-23H3. The van der Waals surface area contributed by atoms with Gasteiger partial charge in [0.2, 0.25) is 0 Å². The van der Waals surface area contributed by atoms with Gasteiger partial charge in [-0.1, -0.05) is 376 Å². The Bertz CT molecular complexity index is 8250. The van der Waals surface area contributed by atoms with Crippen molar-refractivity contribution in [2.45, 2.75) is 240 Å². The van der Waals surface area contributed by atoms with Crippen LogP contribution in [0.25, 0.3) is 42.4 Å². The summed E-state index contributed by atoms with van der Waals surface area (Å²) >= 11 is 3.93. The molecule has 732 valence electrons. The van der Waals surface area contributed by atoms with Gasteiger partial charge in [0.05, 0.1) is 32.8 Å². The molecular weight excluding hydrogens is 1820 g/mol. The zero-order valence-electron chi connectivity index (χ0n) is 90.1. The molecule has 2 aromatic heterocycles. The van der Waals surface area contributed by atoms with E-state index in [-0.39, 0.29) is 56.7 Å². The number of hydrogen-bond donors (Lipinski definition) is 0. The summed E-state index contributed by atoms with van der Waals surface area (Å²) in [5, 5.41) is 5.12. The molecule has 6 heterocycles. The Morgan fingerprint density at radius 1 is 0.293 bits per heavy atom. The predicted molar refractivity (Wildman–Crippen MR) is 639 cm³/mol. The molecule has 0 saturated heterocycles. The van der Waals surface area contributed by atoms with Gasteiger partial charge in [0, 0.05) is 88.8 Å². The molecule has 0 unspecified atom stereocenters. The Morgan fingerprint density at radius 2 is 0.639 bits per heavy atom. The van der Waals surface area contributed by atoms with Crippen molar-refractivity contribution in [2.24, 2.45) is 0 Å². The molecule has 4 aliphatic heterocycles. The summed E-state index contributed by atoms with van der Waals surface area (Å²) in [7, 11) is 0. The van der Waals surface area contributed by atoms with Crippen LogP contribution in [0.5, 0.6) is 0 Å². The lowest BCUT2D eigenvalue weighted by atomic mass is 9.33. The number of rotatable bonds is 15. The monoisotopic (exact) mass is 1950 g/mol. The van der Waals surface area contributed by atoms with Crippen molar-refractivity contribution < 1.29 is 0 Å². The maximum absolute atomic E-state index is 2.78. The second-order valence-corrected chi connectivity index (χ2v) is 52.5. The quantitative estimate of drug-likeness (QED) is 0.0946. The van der Waals surface area contributed by atoms with Crippen molar-refractivity contribution in [3.63, 3.8) is 0 Å². The number of nitrogens with zero attached hydrogens (tertiary/aromatic N) is 6. The Labute approximate surface area is 882 Å². The van der Waals surface area contributed by atoms with Crippen LogP contribution in [0.4, 0.5) is 101 Å². The van der Waals surface area contributed by atoms with Gasteiger partial charge < -0.3 is 29.4 Å². The molecule has 0 amide bonds. The third-order valence-corrected chi connectivity index (χ3v) is 36.3. The van der Waals surface area contributed by atoms with Crippen molar-refractivity contribution in [1.29, 1.82) is 0 Å². The first kappa shape index (κ1) is 95.6. The lowest BCUT2D eigenvalue weighted by Crippen LogP contribution is -2.61. The Morgan fingerprint density at radius 3 is 1.05 bits per heavy atom. The van der Waals surface area contributed by atoms with Crippen molar-refractivity contribution in [3.8, 4) is 22.3 Å². The first-order valence-corrected chi connectivity index (χ1v) is 55.2. The first-order chi connectivity index (χ1) is 70.1. The minimum absolute atomic E-state index is 0.0746. The molecular formula is C137H136B2N6S2. The van der Waals surface area contributed by atoms with Gasteiger partial charge in [-0.05, 0) is 325 Å².